The van der Waals surface area contributed by atoms with Gasteiger partial charge in [0.2, 0.25) is 5.89 Å². The molecular weight excluding hydrogens is 355 g/mol. The van der Waals surface area contributed by atoms with Gasteiger partial charge in [0.05, 0.1) is 12.8 Å². The highest BCUT2D eigenvalue weighted by Crippen LogP contribution is 2.30. The topological polar surface area (TPSA) is 38.5 Å². The number of rotatable bonds is 5. The van der Waals surface area contributed by atoms with Crippen molar-refractivity contribution in [2.45, 2.75) is 32.2 Å². The SMILES string of the molecule is COc1cc(-c2nc(CN3CCC(c4ccccc4)CC3)c(C)o2)ccc1F. The maximum absolute atomic E-state index is 13.7. The van der Waals surface area contributed by atoms with Crippen molar-refractivity contribution >= 4 is 0 Å². The predicted molar refractivity (Wildman–Crippen MR) is 107 cm³/mol. The summed E-state index contributed by atoms with van der Waals surface area (Å²) >= 11 is 0. The maximum atomic E-state index is 13.7. The van der Waals surface area contributed by atoms with Crippen LogP contribution < -0.4 is 4.74 Å². The fraction of sp³-hybridized carbons (Fsp3) is 0.348. The summed E-state index contributed by atoms with van der Waals surface area (Å²) in [5, 5.41) is 0. The lowest BCUT2D eigenvalue weighted by Gasteiger charge is -2.31. The molecule has 0 saturated carbocycles. The number of likely N-dealkylation sites (tertiary alicyclic amines) is 1. The molecule has 146 valence electrons. The van der Waals surface area contributed by atoms with Gasteiger partial charge in [-0.05, 0) is 62.5 Å². The first kappa shape index (κ1) is 18.7. The lowest BCUT2D eigenvalue weighted by molar-refractivity contribution is 0.202. The first-order chi connectivity index (χ1) is 13.6. The van der Waals surface area contributed by atoms with E-state index in [1.165, 1.54) is 18.7 Å². The van der Waals surface area contributed by atoms with Crippen LogP contribution in [0.1, 0.15) is 35.8 Å². The molecule has 0 amide bonds. The predicted octanol–water partition coefficient (Wildman–Crippen LogP) is 5.18. The fourth-order valence-electron chi connectivity index (χ4n) is 3.85. The molecule has 28 heavy (non-hydrogen) atoms. The highest BCUT2D eigenvalue weighted by molar-refractivity contribution is 5.56. The number of nitrogens with zero attached hydrogens (tertiary/aromatic N) is 2. The van der Waals surface area contributed by atoms with Gasteiger partial charge in [0, 0.05) is 12.1 Å². The van der Waals surface area contributed by atoms with Crippen LogP contribution in [0.4, 0.5) is 4.39 Å². The Morgan fingerprint density at radius 2 is 1.89 bits per heavy atom. The minimum absolute atomic E-state index is 0.192. The third-order valence-electron chi connectivity index (χ3n) is 5.52. The second kappa shape index (κ2) is 8.15. The zero-order valence-electron chi connectivity index (χ0n) is 16.3. The van der Waals surface area contributed by atoms with Crippen LogP contribution in [0.3, 0.4) is 0 Å². The van der Waals surface area contributed by atoms with Crippen LogP contribution in [-0.2, 0) is 6.54 Å². The highest BCUT2D eigenvalue weighted by atomic mass is 19.1. The normalized spacial score (nSPS) is 15.7. The van der Waals surface area contributed by atoms with Crippen molar-refractivity contribution in [1.29, 1.82) is 0 Å². The number of piperidine rings is 1. The Bertz CT molecular complexity index is 931. The van der Waals surface area contributed by atoms with E-state index in [2.05, 4.69) is 40.2 Å². The van der Waals surface area contributed by atoms with Gasteiger partial charge in [-0.1, -0.05) is 30.3 Å². The molecule has 1 aliphatic rings. The number of halogens is 1. The van der Waals surface area contributed by atoms with Gasteiger partial charge >= 0.3 is 0 Å². The zero-order valence-corrected chi connectivity index (χ0v) is 16.3. The van der Waals surface area contributed by atoms with Crippen molar-refractivity contribution in [3.8, 4) is 17.2 Å². The van der Waals surface area contributed by atoms with Crippen LogP contribution in [0, 0.1) is 12.7 Å². The van der Waals surface area contributed by atoms with Crippen molar-refractivity contribution in [3.63, 3.8) is 0 Å². The van der Waals surface area contributed by atoms with Crippen molar-refractivity contribution in [1.82, 2.24) is 9.88 Å². The molecule has 5 heteroatoms. The number of hydrogen-bond donors (Lipinski definition) is 0. The number of methoxy groups -OCH3 is 1. The molecule has 0 bridgehead atoms. The Kier molecular flexibility index (Phi) is 5.44. The monoisotopic (exact) mass is 380 g/mol. The van der Waals surface area contributed by atoms with E-state index in [1.54, 1.807) is 12.1 Å². The van der Waals surface area contributed by atoms with E-state index < -0.39 is 5.82 Å². The van der Waals surface area contributed by atoms with Gasteiger partial charge in [-0.15, -0.1) is 0 Å². The van der Waals surface area contributed by atoms with E-state index in [0.717, 1.165) is 49.5 Å². The third kappa shape index (κ3) is 3.94. The summed E-state index contributed by atoms with van der Waals surface area (Å²) in [5.74, 6) is 1.75. The van der Waals surface area contributed by atoms with Crippen LogP contribution in [-0.4, -0.2) is 30.1 Å². The van der Waals surface area contributed by atoms with Crippen molar-refractivity contribution in [3.05, 3.63) is 71.4 Å². The maximum Gasteiger partial charge on any atom is 0.226 e. The minimum Gasteiger partial charge on any atom is -0.494 e. The molecule has 4 nitrogen and oxygen atoms in total. The van der Waals surface area contributed by atoms with E-state index >= 15 is 0 Å². The molecule has 0 spiro atoms. The van der Waals surface area contributed by atoms with E-state index in [0.29, 0.717) is 11.8 Å². The van der Waals surface area contributed by atoms with Crippen LogP contribution in [0.2, 0.25) is 0 Å². The van der Waals surface area contributed by atoms with Gasteiger partial charge in [0.25, 0.3) is 0 Å². The van der Waals surface area contributed by atoms with Crippen molar-refractivity contribution < 1.29 is 13.5 Å². The third-order valence-corrected chi connectivity index (χ3v) is 5.52. The zero-order chi connectivity index (χ0) is 19.5. The van der Waals surface area contributed by atoms with Gasteiger partial charge in [0.15, 0.2) is 11.6 Å². The lowest BCUT2D eigenvalue weighted by atomic mass is 9.89. The van der Waals surface area contributed by atoms with Crippen LogP contribution in [0.5, 0.6) is 5.75 Å². The molecular formula is C23H25FN2O2. The number of ether oxygens (including phenoxy) is 1. The summed E-state index contributed by atoms with van der Waals surface area (Å²) < 4.78 is 24.6. The molecule has 0 radical (unpaired) electrons. The number of aryl methyl sites for hydroxylation is 1. The molecule has 0 aliphatic carbocycles. The molecule has 3 aromatic rings. The largest absolute Gasteiger partial charge is 0.494 e. The summed E-state index contributed by atoms with van der Waals surface area (Å²) in [4.78, 5) is 7.10. The second-order valence-electron chi connectivity index (χ2n) is 7.33. The molecule has 1 aromatic heterocycles. The first-order valence-electron chi connectivity index (χ1n) is 9.71. The number of oxazole rings is 1. The van der Waals surface area contributed by atoms with Crippen LogP contribution >= 0.6 is 0 Å². The number of benzene rings is 2. The average molecular weight is 380 g/mol. The van der Waals surface area contributed by atoms with Gasteiger partial charge in [0.1, 0.15) is 5.76 Å². The molecule has 0 atom stereocenters. The average Bonchev–Trinajstić information content (AvgIpc) is 3.10. The lowest BCUT2D eigenvalue weighted by Crippen LogP contribution is -2.32. The summed E-state index contributed by atoms with van der Waals surface area (Å²) in [6, 6.07) is 15.4. The standard InChI is InChI=1S/C23H25FN2O2/c1-16-21(25-23(28-16)19-8-9-20(24)22(14-19)27-2)15-26-12-10-18(11-13-26)17-6-4-3-5-7-17/h3-9,14,18H,10-13,15H2,1-2H3. The molecule has 1 fully saturated rings. The van der Waals surface area contributed by atoms with Crippen molar-refractivity contribution in [2.24, 2.45) is 0 Å². The first-order valence-corrected chi connectivity index (χ1v) is 9.71. The summed E-state index contributed by atoms with van der Waals surface area (Å²) in [6.07, 6.45) is 2.31. The quantitative estimate of drug-likeness (QED) is 0.611. The Hall–Kier alpha value is -2.66. The summed E-state index contributed by atoms with van der Waals surface area (Å²) in [7, 11) is 1.45. The van der Waals surface area contributed by atoms with Gasteiger partial charge in [-0.3, -0.25) is 4.90 Å². The fourth-order valence-corrected chi connectivity index (χ4v) is 3.85. The molecule has 0 N–H and O–H groups in total. The molecule has 1 aliphatic heterocycles. The van der Waals surface area contributed by atoms with Crippen LogP contribution in [0.15, 0.2) is 52.9 Å². The molecule has 2 heterocycles. The highest BCUT2D eigenvalue weighted by Gasteiger charge is 2.22. The van der Waals surface area contributed by atoms with Gasteiger partial charge in [-0.25, -0.2) is 9.37 Å². The molecule has 1 saturated heterocycles. The molecule has 2 aromatic carbocycles. The number of aromatic nitrogens is 1. The Morgan fingerprint density at radius 3 is 2.61 bits per heavy atom. The second-order valence-corrected chi connectivity index (χ2v) is 7.33. The number of hydrogen-bond acceptors (Lipinski definition) is 4. The van der Waals surface area contributed by atoms with Crippen molar-refractivity contribution in [2.75, 3.05) is 20.2 Å². The van der Waals surface area contributed by atoms with E-state index in [4.69, 9.17) is 9.15 Å². The minimum atomic E-state index is -0.393. The van der Waals surface area contributed by atoms with Crippen LogP contribution in [0.25, 0.3) is 11.5 Å². The van der Waals surface area contributed by atoms with Gasteiger partial charge in [-0.2, -0.15) is 0 Å². The molecule has 4 rings (SSSR count). The van der Waals surface area contributed by atoms with E-state index in [-0.39, 0.29) is 5.75 Å². The smallest absolute Gasteiger partial charge is 0.226 e. The Morgan fingerprint density at radius 1 is 1.14 bits per heavy atom. The summed E-state index contributed by atoms with van der Waals surface area (Å²) in [5.41, 5.74) is 3.10. The Balaban J connectivity index is 1.42. The summed E-state index contributed by atoms with van der Waals surface area (Å²) in [6.45, 7) is 4.80. The molecule has 0 unspecified atom stereocenters. The Labute approximate surface area is 165 Å². The van der Waals surface area contributed by atoms with E-state index in [1.807, 2.05) is 6.92 Å². The van der Waals surface area contributed by atoms with Gasteiger partial charge < -0.3 is 9.15 Å². The van der Waals surface area contributed by atoms with E-state index in [9.17, 15) is 4.39 Å².